The van der Waals surface area contributed by atoms with Crippen LogP contribution in [0.3, 0.4) is 0 Å². The molecule has 0 bridgehead atoms. The van der Waals surface area contributed by atoms with Gasteiger partial charge in [-0.2, -0.15) is 0 Å². The summed E-state index contributed by atoms with van der Waals surface area (Å²) in [5.41, 5.74) is 2.12. The number of fused-ring (bicyclic) bond motifs is 1. The molecular formula is C15H20O3. The zero-order valence-electron chi connectivity index (χ0n) is 10.6. The number of aryl methyl sites for hydroxylation is 1. The van der Waals surface area contributed by atoms with E-state index < -0.39 is 6.10 Å². The van der Waals surface area contributed by atoms with E-state index in [-0.39, 0.29) is 6.10 Å². The van der Waals surface area contributed by atoms with Crippen LogP contribution in [0.1, 0.15) is 42.9 Å². The van der Waals surface area contributed by atoms with E-state index in [4.69, 9.17) is 9.47 Å². The van der Waals surface area contributed by atoms with Gasteiger partial charge < -0.3 is 14.6 Å². The van der Waals surface area contributed by atoms with Crippen LogP contribution in [0.2, 0.25) is 0 Å². The molecule has 18 heavy (non-hydrogen) atoms. The molecule has 2 aliphatic rings. The molecule has 1 N–H and O–H groups in total. The second kappa shape index (κ2) is 5.29. The van der Waals surface area contributed by atoms with Crippen LogP contribution < -0.4 is 4.74 Å². The SMILES string of the molecule is OC(c1cccc2c1OCCC2)C1CCCCO1. The van der Waals surface area contributed by atoms with Crippen LogP contribution in [0.25, 0.3) is 0 Å². The fourth-order valence-electron chi connectivity index (χ4n) is 2.86. The van der Waals surface area contributed by atoms with Gasteiger partial charge in [-0.3, -0.25) is 0 Å². The van der Waals surface area contributed by atoms with Gasteiger partial charge in [-0.05, 0) is 37.7 Å². The Morgan fingerprint density at radius 3 is 2.94 bits per heavy atom. The van der Waals surface area contributed by atoms with Gasteiger partial charge in [0.25, 0.3) is 0 Å². The standard InChI is InChI=1S/C15H20O3/c16-14(13-8-1-2-9-17-13)12-7-3-5-11-6-4-10-18-15(11)12/h3,5,7,13-14,16H,1-2,4,6,8-10H2. The second-order valence-electron chi connectivity index (χ2n) is 5.14. The van der Waals surface area contributed by atoms with Crippen molar-refractivity contribution in [2.75, 3.05) is 13.2 Å². The lowest BCUT2D eigenvalue weighted by Crippen LogP contribution is -2.27. The topological polar surface area (TPSA) is 38.7 Å². The molecule has 1 saturated heterocycles. The van der Waals surface area contributed by atoms with Crippen molar-refractivity contribution in [3.05, 3.63) is 29.3 Å². The number of rotatable bonds is 2. The highest BCUT2D eigenvalue weighted by molar-refractivity contribution is 5.44. The van der Waals surface area contributed by atoms with Crippen molar-refractivity contribution < 1.29 is 14.6 Å². The summed E-state index contributed by atoms with van der Waals surface area (Å²) in [5.74, 6) is 0.894. The van der Waals surface area contributed by atoms with Crippen LogP contribution in [0, 0.1) is 0 Å². The molecule has 1 fully saturated rings. The van der Waals surface area contributed by atoms with Crippen molar-refractivity contribution in [1.82, 2.24) is 0 Å². The van der Waals surface area contributed by atoms with E-state index in [1.54, 1.807) is 0 Å². The third-order valence-electron chi connectivity index (χ3n) is 3.85. The minimum absolute atomic E-state index is 0.0734. The van der Waals surface area contributed by atoms with E-state index in [0.29, 0.717) is 0 Å². The maximum absolute atomic E-state index is 10.5. The molecule has 2 unspecified atom stereocenters. The summed E-state index contributed by atoms with van der Waals surface area (Å²) in [4.78, 5) is 0. The van der Waals surface area contributed by atoms with Crippen LogP contribution in [-0.4, -0.2) is 24.4 Å². The maximum Gasteiger partial charge on any atom is 0.128 e. The van der Waals surface area contributed by atoms with Crippen molar-refractivity contribution in [1.29, 1.82) is 0 Å². The highest BCUT2D eigenvalue weighted by Crippen LogP contribution is 2.36. The molecule has 1 aromatic carbocycles. The lowest BCUT2D eigenvalue weighted by Gasteiger charge is -2.29. The van der Waals surface area contributed by atoms with Crippen molar-refractivity contribution >= 4 is 0 Å². The molecule has 3 nitrogen and oxygen atoms in total. The Bertz CT molecular complexity index is 410. The molecule has 3 heteroatoms. The Balaban J connectivity index is 1.86. The fourth-order valence-corrected chi connectivity index (χ4v) is 2.86. The van der Waals surface area contributed by atoms with Crippen LogP contribution in [-0.2, 0) is 11.2 Å². The zero-order chi connectivity index (χ0) is 12.4. The summed E-state index contributed by atoms with van der Waals surface area (Å²) in [6, 6.07) is 6.06. The first-order chi connectivity index (χ1) is 8.86. The van der Waals surface area contributed by atoms with Crippen LogP contribution >= 0.6 is 0 Å². The second-order valence-corrected chi connectivity index (χ2v) is 5.14. The first-order valence-electron chi connectivity index (χ1n) is 6.90. The van der Waals surface area contributed by atoms with Gasteiger partial charge in [-0.25, -0.2) is 0 Å². The summed E-state index contributed by atoms with van der Waals surface area (Å²) in [6.45, 7) is 1.51. The van der Waals surface area contributed by atoms with Crippen molar-refractivity contribution in [3.63, 3.8) is 0 Å². The van der Waals surface area contributed by atoms with Gasteiger partial charge in [0.05, 0.1) is 12.7 Å². The molecule has 1 aromatic rings. The normalized spacial score (nSPS) is 25.1. The highest BCUT2D eigenvalue weighted by atomic mass is 16.5. The summed E-state index contributed by atoms with van der Waals surface area (Å²) in [7, 11) is 0. The Hall–Kier alpha value is -1.06. The van der Waals surface area contributed by atoms with Gasteiger partial charge in [0.2, 0.25) is 0 Å². The van der Waals surface area contributed by atoms with Crippen molar-refractivity contribution in [2.24, 2.45) is 0 Å². The Morgan fingerprint density at radius 1 is 1.17 bits per heavy atom. The van der Waals surface area contributed by atoms with Gasteiger partial charge in [-0.1, -0.05) is 18.2 Å². The number of aliphatic hydroxyl groups excluding tert-OH is 1. The minimum Gasteiger partial charge on any atom is -0.493 e. The third-order valence-corrected chi connectivity index (χ3v) is 3.85. The molecule has 0 aliphatic carbocycles. The van der Waals surface area contributed by atoms with E-state index in [1.807, 2.05) is 12.1 Å². The lowest BCUT2D eigenvalue weighted by atomic mass is 9.94. The van der Waals surface area contributed by atoms with Crippen molar-refractivity contribution in [3.8, 4) is 5.75 Å². The Morgan fingerprint density at radius 2 is 2.11 bits per heavy atom. The van der Waals surface area contributed by atoms with E-state index >= 15 is 0 Å². The lowest BCUT2D eigenvalue weighted by molar-refractivity contribution is -0.0642. The number of aliphatic hydroxyl groups is 1. The zero-order valence-corrected chi connectivity index (χ0v) is 10.6. The molecule has 2 heterocycles. The van der Waals surface area contributed by atoms with Gasteiger partial charge in [0.1, 0.15) is 11.9 Å². The summed E-state index contributed by atoms with van der Waals surface area (Å²) < 4.78 is 11.4. The molecule has 0 amide bonds. The van der Waals surface area contributed by atoms with E-state index in [2.05, 4.69) is 6.07 Å². The predicted molar refractivity (Wildman–Crippen MR) is 68.8 cm³/mol. The molecule has 98 valence electrons. The van der Waals surface area contributed by atoms with Gasteiger partial charge in [0.15, 0.2) is 0 Å². The fraction of sp³-hybridized carbons (Fsp3) is 0.600. The predicted octanol–water partition coefficient (Wildman–Crippen LogP) is 2.61. The summed E-state index contributed by atoms with van der Waals surface area (Å²) in [5, 5.41) is 10.5. The molecule has 2 atom stereocenters. The molecule has 0 spiro atoms. The summed E-state index contributed by atoms with van der Waals surface area (Å²) >= 11 is 0. The number of hydrogen-bond donors (Lipinski definition) is 1. The number of hydrogen-bond acceptors (Lipinski definition) is 3. The molecule has 3 rings (SSSR count). The summed E-state index contributed by atoms with van der Waals surface area (Å²) in [6.07, 6.45) is 4.65. The van der Waals surface area contributed by atoms with Crippen molar-refractivity contribution in [2.45, 2.75) is 44.3 Å². The molecular weight excluding hydrogens is 228 g/mol. The average molecular weight is 248 g/mol. The Labute approximate surface area is 108 Å². The Kier molecular flexibility index (Phi) is 3.52. The van der Waals surface area contributed by atoms with E-state index in [9.17, 15) is 5.11 Å². The first-order valence-corrected chi connectivity index (χ1v) is 6.90. The number of benzene rings is 1. The van der Waals surface area contributed by atoms with Crippen LogP contribution in [0.4, 0.5) is 0 Å². The maximum atomic E-state index is 10.5. The number of para-hydroxylation sites is 1. The highest BCUT2D eigenvalue weighted by Gasteiger charge is 2.28. The monoisotopic (exact) mass is 248 g/mol. The molecule has 0 aromatic heterocycles. The van der Waals surface area contributed by atoms with Crippen LogP contribution in [0.15, 0.2) is 18.2 Å². The molecule has 2 aliphatic heterocycles. The molecule has 0 radical (unpaired) electrons. The smallest absolute Gasteiger partial charge is 0.128 e. The first kappa shape index (κ1) is 12.0. The van der Waals surface area contributed by atoms with E-state index in [1.165, 1.54) is 5.56 Å². The third kappa shape index (κ3) is 2.25. The van der Waals surface area contributed by atoms with Gasteiger partial charge in [-0.15, -0.1) is 0 Å². The number of ether oxygens (including phenoxy) is 2. The minimum atomic E-state index is -0.557. The largest absolute Gasteiger partial charge is 0.493 e. The van der Waals surface area contributed by atoms with E-state index in [0.717, 1.165) is 56.6 Å². The van der Waals surface area contributed by atoms with Gasteiger partial charge >= 0.3 is 0 Å². The van der Waals surface area contributed by atoms with Crippen LogP contribution in [0.5, 0.6) is 5.75 Å². The average Bonchev–Trinajstić information content (AvgIpc) is 2.47. The quantitative estimate of drug-likeness (QED) is 0.874. The van der Waals surface area contributed by atoms with Gasteiger partial charge in [0, 0.05) is 12.2 Å². The molecule has 0 saturated carbocycles.